The highest BCUT2D eigenvalue weighted by atomic mass is 32.2. The van der Waals surface area contributed by atoms with E-state index < -0.39 is 10.0 Å². The van der Waals surface area contributed by atoms with Gasteiger partial charge in [0.05, 0.1) is 5.52 Å². The second-order valence-corrected chi connectivity index (χ2v) is 6.51. The number of sulfonamides is 1. The summed E-state index contributed by atoms with van der Waals surface area (Å²) >= 11 is 1.17. The Bertz CT molecular complexity index is 776. The van der Waals surface area contributed by atoms with E-state index in [0.717, 1.165) is 10.9 Å². The fourth-order valence-electron chi connectivity index (χ4n) is 1.64. The second kappa shape index (κ2) is 4.11. The fraction of sp³-hybridized carbons (Fsp3) is 0. The number of anilines is 1. The monoisotopic (exact) mass is 279 g/mol. The molecule has 5 nitrogen and oxygen atoms in total. The zero-order valence-electron chi connectivity index (χ0n) is 9.12. The topological polar surface area (TPSA) is 74.8 Å². The molecular weight excluding hydrogens is 270 g/mol. The van der Waals surface area contributed by atoms with Crippen LogP contribution in [0.1, 0.15) is 0 Å². The SMILES string of the molecule is O=S(=O)(Nc1n[nH]c2ccccc12)c1cccs1. The molecule has 2 N–H and O–H groups in total. The molecule has 0 saturated carbocycles. The minimum absolute atomic E-state index is 0.273. The van der Waals surface area contributed by atoms with Gasteiger partial charge in [-0.1, -0.05) is 18.2 Å². The molecule has 0 aliphatic rings. The highest BCUT2D eigenvalue weighted by molar-refractivity contribution is 7.94. The van der Waals surface area contributed by atoms with Crippen molar-refractivity contribution >= 4 is 38.1 Å². The van der Waals surface area contributed by atoms with Gasteiger partial charge in [-0.15, -0.1) is 11.3 Å². The minimum Gasteiger partial charge on any atom is -0.276 e. The van der Waals surface area contributed by atoms with E-state index in [9.17, 15) is 8.42 Å². The molecule has 0 aliphatic carbocycles. The number of H-pyrrole nitrogens is 1. The molecule has 0 spiro atoms. The molecule has 0 amide bonds. The minimum atomic E-state index is -3.55. The van der Waals surface area contributed by atoms with Crippen LogP contribution in [0.25, 0.3) is 10.9 Å². The molecule has 0 fully saturated rings. The molecule has 0 aliphatic heterocycles. The predicted molar refractivity (Wildman–Crippen MR) is 71.2 cm³/mol. The van der Waals surface area contributed by atoms with Gasteiger partial charge in [-0.3, -0.25) is 9.82 Å². The molecule has 0 radical (unpaired) electrons. The zero-order valence-corrected chi connectivity index (χ0v) is 10.8. The molecule has 0 saturated heterocycles. The van der Waals surface area contributed by atoms with Gasteiger partial charge in [0.2, 0.25) is 0 Å². The third-order valence-electron chi connectivity index (χ3n) is 2.46. The number of nitrogens with one attached hydrogen (secondary N) is 2. The number of hydrogen-bond donors (Lipinski definition) is 2. The first-order valence-electron chi connectivity index (χ1n) is 5.16. The van der Waals surface area contributed by atoms with Crippen LogP contribution in [0.3, 0.4) is 0 Å². The van der Waals surface area contributed by atoms with Crippen LogP contribution in [-0.4, -0.2) is 18.6 Å². The molecule has 7 heteroatoms. The average molecular weight is 279 g/mol. The maximum absolute atomic E-state index is 12.0. The smallest absolute Gasteiger partial charge is 0.272 e. The Hall–Kier alpha value is -1.86. The van der Waals surface area contributed by atoms with Gasteiger partial charge in [-0.25, -0.2) is 8.42 Å². The van der Waals surface area contributed by atoms with E-state index in [4.69, 9.17) is 0 Å². The molecular formula is C11H9N3O2S2. The number of aromatic amines is 1. The Morgan fingerprint density at radius 3 is 2.78 bits per heavy atom. The van der Waals surface area contributed by atoms with Crippen LogP contribution in [0.15, 0.2) is 46.0 Å². The van der Waals surface area contributed by atoms with Crippen molar-refractivity contribution in [1.82, 2.24) is 10.2 Å². The predicted octanol–water partition coefficient (Wildman–Crippen LogP) is 2.43. The molecule has 0 bridgehead atoms. The van der Waals surface area contributed by atoms with Gasteiger partial charge in [0, 0.05) is 5.39 Å². The first-order chi connectivity index (χ1) is 8.67. The van der Waals surface area contributed by atoms with Crippen molar-refractivity contribution in [3.05, 3.63) is 41.8 Å². The van der Waals surface area contributed by atoms with E-state index in [1.165, 1.54) is 11.3 Å². The van der Waals surface area contributed by atoms with Gasteiger partial charge in [-0.05, 0) is 23.6 Å². The van der Waals surface area contributed by atoms with E-state index >= 15 is 0 Å². The van der Waals surface area contributed by atoms with E-state index in [-0.39, 0.29) is 4.21 Å². The lowest BCUT2D eigenvalue weighted by Gasteiger charge is -2.02. The first-order valence-corrected chi connectivity index (χ1v) is 7.52. The molecule has 18 heavy (non-hydrogen) atoms. The Kier molecular flexibility index (Phi) is 2.57. The van der Waals surface area contributed by atoms with E-state index in [1.54, 1.807) is 17.5 Å². The standard InChI is InChI=1S/C11H9N3O2S2/c15-18(16,10-6-3-7-17-10)14-11-8-4-1-2-5-9(8)12-13-11/h1-7H,(H2,12,13,14). The summed E-state index contributed by atoms with van der Waals surface area (Å²) in [4.78, 5) is 0. The van der Waals surface area contributed by atoms with E-state index in [0.29, 0.717) is 5.82 Å². The lowest BCUT2D eigenvalue weighted by atomic mass is 10.2. The summed E-state index contributed by atoms with van der Waals surface area (Å²) in [5.41, 5.74) is 0.793. The first kappa shape index (κ1) is 11.2. The van der Waals surface area contributed by atoms with Crippen molar-refractivity contribution in [1.29, 1.82) is 0 Å². The van der Waals surface area contributed by atoms with Gasteiger partial charge in [0.15, 0.2) is 5.82 Å². The third kappa shape index (κ3) is 1.87. The van der Waals surface area contributed by atoms with Crippen LogP contribution in [-0.2, 0) is 10.0 Å². The number of nitrogens with zero attached hydrogens (tertiary/aromatic N) is 1. The summed E-state index contributed by atoms with van der Waals surface area (Å²) in [6, 6.07) is 10.6. The van der Waals surface area contributed by atoms with Crippen molar-refractivity contribution in [2.75, 3.05) is 4.72 Å². The Morgan fingerprint density at radius 2 is 2.00 bits per heavy atom. The maximum Gasteiger partial charge on any atom is 0.272 e. The van der Waals surface area contributed by atoms with Gasteiger partial charge in [0.1, 0.15) is 4.21 Å². The van der Waals surface area contributed by atoms with Crippen LogP contribution in [0.4, 0.5) is 5.82 Å². The summed E-state index contributed by atoms with van der Waals surface area (Å²) in [6.07, 6.45) is 0. The lowest BCUT2D eigenvalue weighted by molar-refractivity contribution is 0.603. The molecule has 2 aromatic heterocycles. The maximum atomic E-state index is 12.0. The van der Waals surface area contributed by atoms with Crippen LogP contribution >= 0.6 is 11.3 Å². The van der Waals surface area contributed by atoms with Crippen molar-refractivity contribution in [2.45, 2.75) is 4.21 Å². The fourth-order valence-corrected chi connectivity index (χ4v) is 3.65. The average Bonchev–Trinajstić information content (AvgIpc) is 2.99. The zero-order chi connectivity index (χ0) is 12.6. The molecule has 0 unspecified atom stereocenters. The van der Waals surface area contributed by atoms with Crippen molar-refractivity contribution in [2.24, 2.45) is 0 Å². The van der Waals surface area contributed by atoms with E-state index in [2.05, 4.69) is 14.9 Å². The van der Waals surface area contributed by atoms with Crippen LogP contribution in [0.2, 0.25) is 0 Å². The van der Waals surface area contributed by atoms with E-state index in [1.807, 2.05) is 24.3 Å². The number of para-hydroxylation sites is 1. The number of benzene rings is 1. The lowest BCUT2D eigenvalue weighted by Crippen LogP contribution is -2.11. The van der Waals surface area contributed by atoms with Crippen LogP contribution in [0, 0.1) is 0 Å². The number of rotatable bonds is 3. The quantitative estimate of drug-likeness (QED) is 0.773. The molecule has 1 aromatic carbocycles. The molecule has 3 aromatic rings. The summed E-state index contributed by atoms with van der Waals surface area (Å²) in [7, 11) is -3.55. The Morgan fingerprint density at radius 1 is 1.17 bits per heavy atom. The number of aromatic nitrogens is 2. The largest absolute Gasteiger partial charge is 0.276 e. The van der Waals surface area contributed by atoms with Crippen molar-refractivity contribution < 1.29 is 8.42 Å². The van der Waals surface area contributed by atoms with Crippen LogP contribution in [0.5, 0.6) is 0 Å². The van der Waals surface area contributed by atoms with Gasteiger partial charge in [0.25, 0.3) is 10.0 Å². The summed E-state index contributed by atoms with van der Waals surface area (Å²) in [5, 5.41) is 9.23. The molecule has 2 heterocycles. The van der Waals surface area contributed by atoms with Gasteiger partial charge in [-0.2, -0.15) is 5.10 Å². The number of fused-ring (bicyclic) bond motifs is 1. The van der Waals surface area contributed by atoms with Crippen LogP contribution < -0.4 is 4.72 Å². The Labute approximate surface area is 108 Å². The molecule has 3 rings (SSSR count). The second-order valence-electron chi connectivity index (χ2n) is 3.66. The molecule has 0 atom stereocenters. The summed E-state index contributed by atoms with van der Waals surface area (Å²) in [5.74, 6) is 0.319. The summed E-state index contributed by atoms with van der Waals surface area (Å²) in [6.45, 7) is 0. The Balaban J connectivity index is 2.03. The third-order valence-corrected chi connectivity index (χ3v) is 5.20. The van der Waals surface area contributed by atoms with Crippen molar-refractivity contribution in [3.63, 3.8) is 0 Å². The highest BCUT2D eigenvalue weighted by Crippen LogP contribution is 2.24. The number of thiophene rings is 1. The molecule has 92 valence electrons. The van der Waals surface area contributed by atoms with Gasteiger partial charge < -0.3 is 0 Å². The highest BCUT2D eigenvalue weighted by Gasteiger charge is 2.17. The van der Waals surface area contributed by atoms with Gasteiger partial charge >= 0.3 is 0 Å². The summed E-state index contributed by atoms with van der Waals surface area (Å²) < 4.78 is 26.9. The van der Waals surface area contributed by atoms with Crippen molar-refractivity contribution in [3.8, 4) is 0 Å². The number of hydrogen-bond acceptors (Lipinski definition) is 4. The normalized spacial score (nSPS) is 11.8.